The molecule has 0 aliphatic heterocycles. The van der Waals surface area contributed by atoms with Crippen LogP contribution in [0.15, 0.2) is 30.3 Å². The number of amides is 1. The van der Waals surface area contributed by atoms with Gasteiger partial charge in [-0.1, -0.05) is 43.7 Å². The molecule has 2 nitrogen and oxygen atoms in total. The van der Waals surface area contributed by atoms with E-state index in [1.165, 1.54) is 44.1 Å². The van der Waals surface area contributed by atoms with Crippen molar-refractivity contribution in [1.29, 1.82) is 0 Å². The number of hydrogen-bond donors (Lipinski definition) is 1. The zero-order valence-corrected chi connectivity index (χ0v) is 14.3. The minimum Gasteiger partial charge on any atom is -0.369 e. The Morgan fingerprint density at radius 3 is 2.65 bits per heavy atom. The minimum absolute atomic E-state index is 0. The molecule has 1 aromatic carbocycles. The number of rotatable bonds is 4. The van der Waals surface area contributed by atoms with E-state index in [1.54, 1.807) is 0 Å². The number of primary amides is 1. The highest BCUT2D eigenvalue weighted by atomic mass is 16.1. The second kappa shape index (κ2) is 5.09. The summed E-state index contributed by atoms with van der Waals surface area (Å²) in [7, 11) is 0. The van der Waals surface area contributed by atoms with Gasteiger partial charge in [0, 0.05) is 1.43 Å². The van der Waals surface area contributed by atoms with Crippen LogP contribution in [0.3, 0.4) is 0 Å². The van der Waals surface area contributed by atoms with Crippen molar-refractivity contribution in [3.8, 4) is 0 Å². The summed E-state index contributed by atoms with van der Waals surface area (Å²) in [5.74, 6) is 0.649. The lowest BCUT2D eigenvalue weighted by Gasteiger charge is -2.55. The Morgan fingerprint density at radius 2 is 1.96 bits per heavy atom. The van der Waals surface area contributed by atoms with E-state index in [4.69, 9.17) is 5.73 Å². The van der Waals surface area contributed by atoms with Gasteiger partial charge < -0.3 is 5.73 Å². The van der Waals surface area contributed by atoms with Crippen molar-refractivity contribution < 1.29 is 6.22 Å². The summed E-state index contributed by atoms with van der Waals surface area (Å²) < 4.78 is 0. The average Bonchev–Trinajstić information content (AvgIpc) is 2.70. The first kappa shape index (κ1) is 15.2. The van der Waals surface area contributed by atoms with Gasteiger partial charge >= 0.3 is 0 Å². The zero-order chi connectivity index (χ0) is 16.1. The van der Waals surface area contributed by atoms with E-state index in [-0.39, 0.29) is 18.2 Å². The lowest BCUT2D eigenvalue weighted by atomic mass is 9.49. The Kier molecular flexibility index (Phi) is 3.37. The molecule has 0 radical (unpaired) electrons. The fraction of sp³-hybridized carbons (Fsp3) is 0.667. The van der Waals surface area contributed by atoms with Gasteiger partial charge in [0.2, 0.25) is 5.91 Å². The van der Waals surface area contributed by atoms with Gasteiger partial charge in [-0.05, 0) is 73.7 Å². The summed E-state index contributed by atoms with van der Waals surface area (Å²) in [4.78, 5) is 12.5. The van der Waals surface area contributed by atoms with Gasteiger partial charge in [-0.2, -0.15) is 0 Å². The largest absolute Gasteiger partial charge is 0.369 e. The van der Waals surface area contributed by atoms with Gasteiger partial charge in [0.05, 0.1) is 5.41 Å². The van der Waals surface area contributed by atoms with Crippen molar-refractivity contribution in [3.63, 3.8) is 0 Å². The Balaban J connectivity index is 0.00000169. The topological polar surface area (TPSA) is 43.1 Å². The molecule has 2 unspecified atom stereocenters. The molecule has 0 saturated heterocycles. The first-order valence-electron chi connectivity index (χ1n) is 9.37. The molecule has 4 bridgehead atoms. The molecule has 0 heterocycles. The molecule has 1 aromatic rings. The van der Waals surface area contributed by atoms with Crippen molar-refractivity contribution >= 4 is 5.91 Å². The van der Waals surface area contributed by atoms with Gasteiger partial charge in [0.15, 0.2) is 0 Å². The van der Waals surface area contributed by atoms with Crippen LogP contribution in [0, 0.1) is 16.7 Å². The number of carbonyl (C=O) groups excluding carboxylic acids is 1. The summed E-state index contributed by atoms with van der Waals surface area (Å²) in [6, 6.07) is 11.0. The third-order valence-electron chi connectivity index (χ3n) is 7.29. The number of carbonyl (C=O) groups is 1. The quantitative estimate of drug-likeness (QED) is 0.851. The Morgan fingerprint density at radius 1 is 1.17 bits per heavy atom. The number of benzene rings is 1. The maximum Gasteiger partial charge on any atom is 0.223 e. The summed E-state index contributed by atoms with van der Waals surface area (Å²) in [6.45, 7) is 2.31. The summed E-state index contributed by atoms with van der Waals surface area (Å²) in [6.07, 6.45) is 10.7. The first-order valence-corrected chi connectivity index (χ1v) is 9.37. The zero-order valence-electron chi connectivity index (χ0n) is 14.3. The third kappa shape index (κ3) is 2.25. The fourth-order valence-electron chi connectivity index (χ4n) is 6.81. The molecule has 5 rings (SSSR count). The van der Waals surface area contributed by atoms with E-state index >= 15 is 0 Å². The van der Waals surface area contributed by atoms with Gasteiger partial charge in [0.25, 0.3) is 0 Å². The smallest absolute Gasteiger partial charge is 0.223 e. The molecule has 4 aliphatic carbocycles. The number of nitrogens with two attached hydrogens (primary N) is 1. The monoisotopic (exact) mass is 313 g/mol. The van der Waals surface area contributed by atoms with E-state index in [1.807, 2.05) is 0 Å². The molecule has 0 aromatic heterocycles. The Labute approximate surface area is 141 Å². The van der Waals surface area contributed by atoms with Crippen molar-refractivity contribution in [2.75, 3.05) is 0 Å². The summed E-state index contributed by atoms with van der Waals surface area (Å²) in [5.41, 5.74) is 7.81. The second-order valence-corrected chi connectivity index (χ2v) is 8.87. The maximum atomic E-state index is 12.5. The lowest BCUT2D eigenvalue weighted by Crippen LogP contribution is -2.51. The van der Waals surface area contributed by atoms with Crippen LogP contribution in [0.5, 0.6) is 0 Å². The van der Waals surface area contributed by atoms with E-state index in [0.29, 0.717) is 11.3 Å². The van der Waals surface area contributed by atoms with Gasteiger partial charge in [0.1, 0.15) is 0 Å². The van der Waals surface area contributed by atoms with Crippen molar-refractivity contribution in [3.05, 3.63) is 35.9 Å². The van der Waals surface area contributed by atoms with E-state index in [0.717, 1.165) is 19.3 Å². The second-order valence-electron chi connectivity index (χ2n) is 8.87. The van der Waals surface area contributed by atoms with Crippen LogP contribution in [0.1, 0.15) is 71.7 Å². The molecule has 4 fully saturated rings. The predicted molar refractivity (Wildman–Crippen MR) is 95.0 cm³/mol. The molecular formula is C21H31NO. The van der Waals surface area contributed by atoms with Crippen molar-refractivity contribution in [2.45, 2.75) is 70.1 Å². The number of hydrogen-bond acceptors (Lipinski definition) is 1. The number of fused-ring (bicyclic) bond motifs is 1. The normalized spacial score (nSPS) is 41.7. The SMILES string of the molecule is CCC[C@@]12CCC3(C(N)=O)CC(C1)C[C@](c1ccccc1)(C3)C2.[HH]. The molecule has 2 heteroatoms. The summed E-state index contributed by atoms with van der Waals surface area (Å²) in [5, 5.41) is 0. The predicted octanol–water partition coefficient (Wildman–Crippen LogP) is 4.82. The van der Waals surface area contributed by atoms with E-state index in [9.17, 15) is 4.79 Å². The standard InChI is InChI=1S/C21H29NO.H2/c1-2-8-19-9-10-20(18(22)23)12-16(11-19)13-21(14-19,15-20)17-6-4-3-5-7-17;/h3-7,16H,2,8-15H2,1H3,(H2,22,23);1H/t16?,19-,20?,21-;/m1./s1. The highest BCUT2D eigenvalue weighted by Crippen LogP contribution is 2.67. The van der Waals surface area contributed by atoms with Crippen LogP contribution < -0.4 is 5.73 Å². The van der Waals surface area contributed by atoms with Gasteiger partial charge in [-0.3, -0.25) is 4.79 Å². The van der Waals surface area contributed by atoms with E-state index in [2.05, 4.69) is 37.3 Å². The molecule has 126 valence electrons. The van der Waals surface area contributed by atoms with Crippen LogP contribution in [0.4, 0.5) is 0 Å². The highest BCUT2D eigenvalue weighted by Gasteiger charge is 2.61. The highest BCUT2D eigenvalue weighted by molar-refractivity contribution is 5.81. The van der Waals surface area contributed by atoms with Gasteiger partial charge in [-0.25, -0.2) is 0 Å². The Hall–Kier alpha value is -1.31. The Bertz CT molecular complexity index is 618. The molecule has 4 atom stereocenters. The van der Waals surface area contributed by atoms with Gasteiger partial charge in [-0.15, -0.1) is 0 Å². The molecule has 4 aliphatic rings. The third-order valence-corrected chi connectivity index (χ3v) is 7.29. The van der Waals surface area contributed by atoms with Crippen LogP contribution in [0.25, 0.3) is 0 Å². The van der Waals surface area contributed by atoms with Crippen LogP contribution >= 0.6 is 0 Å². The molecule has 1 amide bonds. The fourth-order valence-corrected chi connectivity index (χ4v) is 6.81. The molecular weight excluding hydrogens is 282 g/mol. The molecule has 4 saturated carbocycles. The van der Waals surface area contributed by atoms with Crippen molar-refractivity contribution in [1.82, 2.24) is 0 Å². The molecule has 0 spiro atoms. The summed E-state index contributed by atoms with van der Waals surface area (Å²) >= 11 is 0. The van der Waals surface area contributed by atoms with Crippen LogP contribution in [-0.4, -0.2) is 5.91 Å². The average molecular weight is 313 g/mol. The molecule has 23 heavy (non-hydrogen) atoms. The van der Waals surface area contributed by atoms with Crippen molar-refractivity contribution in [2.24, 2.45) is 22.5 Å². The van der Waals surface area contributed by atoms with E-state index < -0.39 is 0 Å². The lowest BCUT2D eigenvalue weighted by molar-refractivity contribution is -0.133. The first-order chi connectivity index (χ1) is 11.0. The van der Waals surface area contributed by atoms with Crippen LogP contribution in [-0.2, 0) is 10.2 Å². The minimum atomic E-state index is -0.245. The van der Waals surface area contributed by atoms with Crippen LogP contribution in [0.2, 0.25) is 0 Å². The maximum absolute atomic E-state index is 12.5. The molecule has 2 N–H and O–H groups in total.